The molecule has 0 spiro atoms. The van der Waals surface area contributed by atoms with Crippen molar-refractivity contribution in [2.75, 3.05) is 6.61 Å². The standard InChI is InChI=1S/C15H22BrNO/c1-5-6-7-18-15-12(4)8-14(16)9-13(15)10-17-11(2)3/h5-6,8-9,11,17H,7,10H2,1-4H3/b6-5+. The molecule has 0 aliphatic carbocycles. The van der Waals surface area contributed by atoms with Gasteiger partial charge in [-0.2, -0.15) is 0 Å². The SMILES string of the molecule is C/C=C/COc1c(C)cc(Br)cc1CNC(C)C. The molecule has 0 aliphatic rings. The van der Waals surface area contributed by atoms with Crippen LogP contribution in [-0.2, 0) is 6.54 Å². The summed E-state index contributed by atoms with van der Waals surface area (Å²) >= 11 is 3.54. The van der Waals surface area contributed by atoms with Crippen molar-refractivity contribution in [2.45, 2.75) is 40.3 Å². The van der Waals surface area contributed by atoms with Crippen molar-refractivity contribution in [3.8, 4) is 5.75 Å². The van der Waals surface area contributed by atoms with E-state index in [0.717, 1.165) is 22.3 Å². The monoisotopic (exact) mass is 311 g/mol. The highest BCUT2D eigenvalue weighted by molar-refractivity contribution is 9.10. The molecular weight excluding hydrogens is 290 g/mol. The zero-order valence-electron chi connectivity index (χ0n) is 11.6. The van der Waals surface area contributed by atoms with Crippen LogP contribution in [0.5, 0.6) is 5.75 Å². The van der Waals surface area contributed by atoms with Gasteiger partial charge in [0.25, 0.3) is 0 Å². The van der Waals surface area contributed by atoms with Crippen LogP contribution in [0.15, 0.2) is 28.8 Å². The second kappa shape index (κ2) is 7.59. The van der Waals surface area contributed by atoms with Crippen LogP contribution in [0.3, 0.4) is 0 Å². The lowest BCUT2D eigenvalue weighted by molar-refractivity contribution is 0.354. The average molecular weight is 312 g/mol. The lowest BCUT2D eigenvalue weighted by Gasteiger charge is -2.16. The molecule has 0 heterocycles. The number of aryl methyl sites for hydroxylation is 1. The first-order valence-corrected chi connectivity index (χ1v) is 7.10. The highest BCUT2D eigenvalue weighted by Gasteiger charge is 2.09. The highest BCUT2D eigenvalue weighted by Crippen LogP contribution is 2.28. The minimum atomic E-state index is 0.465. The molecule has 0 amide bonds. The molecule has 0 bridgehead atoms. The quantitative estimate of drug-likeness (QED) is 0.795. The molecule has 18 heavy (non-hydrogen) atoms. The summed E-state index contributed by atoms with van der Waals surface area (Å²) in [6.07, 6.45) is 4.02. The summed E-state index contributed by atoms with van der Waals surface area (Å²) in [6, 6.07) is 4.67. The molecule has 0 atom stereocenters. The molecular formula is C15H22BrNO. The maximum absolute atomic E-state index is 5.85. The largest absolute Gasteiger partial charge is 0.489 e. The number of nitrogens with one attached hydrogen (secondary N) is 1. The molecule has 0 saturated heterocycles. The molecule has 0 radical (unpaired) electrons. The molecule has 1 N–H and O–H groups in total. The van der Waals surface area contributed by atoms with Crippen LogP contribution in [-0.4, -0.2) is 12.6 Å². The molecule has 0 aliphatic heterocycles. The van der Waals surface area contributed by atoms with Gasteiger partial charge in [0, 0.05) is 22.6 Å². The Morgan fingerprint density at radius 3 is 2.72 bits per heavy atom. The Balaban J connectivity index is 2.89. The molecule has 0 aromatic heterocycles. The summed E-state index contributed by atoms with van der Waals surface area (Å²) in [5.41, 5.74) is 2.36. The highest BCUT2D eigenvalue weighted by atomic mass is 79.9. The van der Waals surface area contributed by atoms with E-state index in [0.29, 0.717) is 12.6 Å². The zero-order valence-corrected chi connectivity index (χ0v) is 13.2. The van der Waals surface area contributed by atoms with E-state index in [2.05, 4.69) is 54.2 Å². The summed E-state index contributed by atoms with van der Waals surface area (Å²) in [5, 5.41) is 3.43. The van der Waals surface area contributed by atoms with Crippen molar-refractivity contribution < 1.29 is 4.74 Å². The van der Waals surface area contributed by atoms with Crippen LogP contribution >= 0.6 is 15.9 Å². The second-order valence-electron chi connectivity index (χ2n) is 4.63. The van der Waals surface area contributed by atoms with Crippen LogP contribution in [0.1, 0.15) is 31.9 Å². The summed E-state index contributed by atoms with van der Waals surface area (Å²) in [7, 11) is 0. The number of hydrogen-bond acceptors (Lipinski definition) is 2. The zero-order chi connectivity index (χ0) is 13.5. The molecule has 0 unspecified atom stereocenters. The van der Waals surface area contributed by atoms with Crippen LogP contribution in [0, 0.1) is 6.92 Å². The third-order valence-corrected chi connectivity index (χ3v) is 3.03. The normalized spacial score (nSPS) is 11.4. The summed E-state index contributed by atoms with van der Waals surface area (Å²) in [4.78, 5) is 0. The molecule has 1 aromatic carbocycles. The first-order chi connectivity index (χ1) is 8.54. The van der Waals surface area contributed by atoms with Crippen molar-refractivity contribution in [3.63, 3.8) is 0 Å². The Bertz CT molecular complexity index is 413. The summed E-state index contributed by atoms with van der Waals surface area (Å²) in [5.74, 6) is 0.990. The van der Waals surface area contributed by atoms with E-state index in [9.17, 15) is 0 Å². The van der Waals surface area contributed by atoms with E-state index < -0.39 is 0 Å². The fraction of sp³-hybridized carbons (Fsp3) is 0.467. The third kappa shape index (κ3) is 4.83. The van der Waals surface area contributed by atoms with Crippen molar-refractivity contribution in [1.82, 2.24) is 5.32 Å². The van der Waals surface area contributed by atoms with Gasteiger partial charge in [-0.1, -0.05) is 41.9 Å². The van der Waals surface area contributed by atoms with Crippen molar-refractivity contribution >= 4 is 15.9 Å². The van der Waals surface area contributed by atoms with Gasteiger partial charge in [0.05, 0.1) is 0 Å². The Hall–Kier alpha value is -0.800. The maximum Gasteiger partial charge on any atom is 0.127 e. The number of halogens is 1. The van der Waals surface area contributed by atoms with Gasteiger partial charge >= 0.3 is 0 Å². The first kappa shape index (κ1) is 15.3. The van der Waals surface area contributed by atoms with Gasteiger partial charge in [0.15, 0.2) is 0 Å². The van der Waals surface area contributed by atoms with Gasteiger partial charge in [0.2, 0.25) is 0 Å². The minimum Gasteiger partial charge on any atom is -0.489 e. The number of hydrogen-bond donors (Lipinski definition) is 1. The van der Waals surface area contributed by atoms with E-state index in [1.54, 1.807) is 0 Å². The van der Waals surface area contributed by atoms with Gasteiger partial charge in [-0.3, -0.25) is 0 Å². The van der Waals surface area contributed by atoms with E-state index in [4.69, 9.17) is 4.74 Å². The van der Waals surface area contributed by atoms with Crippen LogP contribution in [0.2, 0.25) is 0 Å². The number of benzene rings is 1. The Morgan fingerprint density at radius 2 is 2.11 bits per heavy atom. The lowest BCUT2D eigenvalue weighted by atomic mass is 10.1. The van der Waals surface area contributed by atoms with Gasteiger partial charge in [-0.25, -0.2) is 0 Å². The first-order valence-electron chi connectivity index (χ1n) is 6.31. The van der Waals surface area contributed by atoms with E-state index in [1.807, 2.05) is 19.1 Å². The molecule has 1 rings (SSSR count). The Morgan fingerprint density at radius 1 is 1.39 bits per heavy atom. The maximum atomic E-state index is 5.85. The van der Waals surface area contributed by atoms with E-state index >= 15 is 0 Å². The molecule has 2 nitrogen and oxygen atoms in total. The van der Waals surface area contributed by atoms with Crippen LogP contribution < -0.4 is 10.1 Å². The van der Waals surface area contributed by atoms with E-state index in [-0.39, 0.29) is 0 Å². The third-order valence-electron chi connectivity index (χ3n) is 2.58. The molecule has 100 valence electrons. The number of ether oxygens (including phenoxy) is 1. The molecule has 0 saturated carbocycles. The average Bonchev–Trinajstić information content (AvgIpc) is 2.29. The molecule has 0 fully saturated rings. The van der Waals surface area contributed by atoms with Crippen LogP contribution in [0.4, 0.5) is 0 Å². The predicted octanol–water partition coefficient (Wildman–Crippen LogP) is 4.21. The Kier molecular flexibility index (Phi) is 6.44. The van der Waals surface area contributed by atoms with Gasteiger partial charge < -0.3 is 10.1 Å². The topological polar surface area (TPSA) is 21.3 Å². The Labute approximate surface area is 119 Å². The van der Waals surface area contributed by atoms with Gasteiger partial charge in [-0.15, -0.1) is 0 Å². The van der Waals surface area contributed by atoms with Crippen molar-refractivity contribution in [1.29, 1.82) is 0 Å². The molecule has 3 heteroatoms. The fourth-order valence-electron chi connectivity index (χ4n) is 1.68. The minimum absolute atomic E-state index is 0.465. The van der Waals surface area contributed by atoms with Gasteiger partial charge in [0.1, 0.15) is 12.4 Å². The number of rotatable bonds is 6. The predicted molar refractivity (Wildman–Crippen MR) is 81.2 cm³/mol. The lowest BCUT2D eigenvalue weighted by Crippen LogP contribution is -2.22. The van der Waals surface area contributed by atoms with Gasteiger partial charge in [-0.05, 0) is 31.5 Å². The van der Waals surface area contributed by atoms with Crippen LogP contribution in [0.25, 0.3) is 0 Å². The summed E-state index contributed by atoms with van der Waals surface area (Å²) < 4.78 is 6.94. The van der Waals surface area contributed by atoms with E-state index in [1.165, 1.54) is 5.56 Å². The van der Waals surface area contributed by atoms with Crippen molar-refractivity contribution in [2.24, 2.45) is 0 Å². The second-order valence-corrected chi connectivity index (χ2v) is 5.54. The number of allylic oxidation sites excluding steroid dienone is 1. The fourth-order valence-corrected chi connectivity index (χ4v) is 2.30. The van der Waals surface area contributed by atoms with Crippen molar-refractivity contribution in [3.05, 3.63) is 39.9 Å². The molecule has 1 aromatic rings. The smallest absolute Gasteiger partial charge is 0.127 e. The summed E-state index contributed by atoms with van der Waals surface area (Å²) in [6.45, 7) is 9.81.